The number of rotatable bonds is 2. The SMILES string of the molecule is O=C(c1ccc(C#CCCO)cc1)N1CCCCCC1. The number of hydrogen-bond acceptors (Lipinski definition) is 2. The third-order valence-corrected chi connectivity index (χ3v) is 3.49. The second-order valence-electron chi connectivity index (χ2n) is 5.06. The van der Waals surface area contributed by atoms with E-state index in [1.807, 2.05) is 29.2 Å². The maximum atomic E-state index is 12.4. The zero-order valence-electron chi connectivity index (χ0n) is 11.8. The molecule has 1 heterocycles. The summed E-state index contributed by atoms with van der Waals surface area (Å²) in [4.78, 5) is 14.3. The largest absolute Gasteiger partial charge is 0.395 e. The van der Waals surface area contributed by atoms with Gasteiger partial charge in [-0.1, -0.05) is 24.7 Å². The van der Waals surface area contributed by atoms with Crippen molar-refractivity contribution in [3.05, 3.63) is 35.4 Å². The highest BCUT2D eigenvalue weighted by atomic mass is 16.2. The summed E-state index contributed by atoms with van der Waals surface area (Å²) >= 11 is 0. The Labute approximate surface area is 120 Å². The highest BCUT2D eigenvalue weighted by molar-refractivity contribution is 5.94. The summed E-state index contributed by atoms with van der Waals surface area (Å²) in [6.07, 6.45) is 5.15. The fourth-order valence-corrected chi connectivity index (χ4v) is 2.37. The predicted molar refractivity (Wildman–Crippen MR) is 79.4 cm³/mol. The van der Waals surface area contributed by atoms with Gasteiger partial charge in [0, 0.05) is 30.6 Å². The fraction of sp³-hybridized carbons (Fsp3) is 0.471. The molecule has 3 nitrogen and oxygen atoms in total. The van der Waals surface area contributed by atoms with Gasteiger partial charge < -0.3 is 10.0 Å². The number of aliphatic hydroxyl groups is 1. The van der Waals surface area contributed by atoms with Crippen LogP contribution in [0.1, 0.15) is 48.0 Å². The van der Waals surface area contributed by atoms with Crippen molar-refractivity contribution in [3.63, 3.8) is 0 Å². The number of likely N-dealkylation sites (tertiary alicyclic amines) is 1. The molecule has 1 amide bonds. The van der Waals surface area contributed by atoms with Gasteiger partial charge in [-0.25, -0.2) is 0 Å². The summed E-state index contributed by atoms with van der Waals surface area (Å²) in [6, 6.07) is 7.43. The molecule has 1 aliphatic rings. The molecule has 0 atom stereocenters. The minimum atomic E-state index is 0.0819. The van der Waals surface area contributed by atoms with Crippen molar-refractivity contribution in [2.24, 2.45) is 0 Å². The molecule has 1 aliphatic heterocycles. The summed E-state index contributed by atoms with van der Waals surface area (Å²) in [5, 5.41) is 8.68. The summed E-state index contributed by atoms with van der Waals surface area (Å²) in [5.41, 5.74) is 1.62. The molecule has 0 aliphatic carbocycles. The van der Waals surface area contributed by atoms with E-state index in [9.17, 15) is 4.79 Å². The van der Waals surface area contributed by atoms with Gasteiger partial charge in [-0.05, 0) is 37.1 Å². The van der Waals surface area contributed by atoms with E-state index < -0.39 is 0 Å². The molecule has 3 heteroatoms. The topological polar surface area (TPSA) is 40.5 Å². The van der Waals surface area contributed by atoms with Gasteiger partial charge in [0.15, 0.2) is 0 Å². The number of carbonyl (C=O) groups is 1. The average Bonchev–Trinajstić information content (AvgIpc) is 2.77. The smallest absolute Gasteiger partial charge is 0.253 e. The van der Waals surface area contributed by atoms with Crippen LogP contribution in [0.25, 0.3) is 0 Å². The molecule has 0 radical (unpaired) electrons. The van der Waals surface area contributed by atoms with Gasteiger partial charge in [-0.15, -0.1) is 0 Å². The zero-order valence-corrected chi connectivity index (χ0v) is 11.8. The number of aliphatic hydroxyl groups excluding tert-OH is 1. The molecular weight excluding hydrogens is 250 g/mol. The molecule has 1 fully saturated rings. The summed E-state index contributed by atoms with van der Waals surface area (Å²) in [7, 11) is 0. The second-order valence-corrected chi connectivity index (χ2v) is 5.06. The Hall–Kier alpha value is -1.79. The van der Waals surface area contributed by atoms with Crippen LogP contribution in [-0.2, 0) is 0 Å². The van der Waals surface area contributed by atoms with Crippen molar-refractivity contribution < 1.29 is 9.90 Å². The van der Waals surface area contributed by atoms with Crippen molar-refractivity contribution in [2.45, 2.75) is 32.1 Å². The lowest BCUT2D eigenvalue weighted by Gasteiger charge is -2.20. The molecule has 0 aromatic heterocycles. The number of nitrogens with zero attached hydrogens (tertiary/aromatic N) is 1. The van der Waals surface area contributed by atoms with Crippen molar-refractivity contribution in [1.82, 2.24) is 4.90 Å². The number of amides is 1. The van der Waals surface area contributed by atoms with Crippen LogP contribution in [0.5, 0.6) is 0 Å². The van der Waals surface area contributed by atoms with Gasteiger partial charge in [0.1, 0.15) is 0 Å². The quantitative estimate of drug-likeness (QED) is 0.839. The molecule has 1 aromatic rings. The van der Waals surface area contributed by atoms with Gasteiger partial charge in [-0.3, -0.25) is 4.79 Å². The van der Waals surface area contributed by atoms with E-state index in [1.165, 1.54) is 12.8 Å². The Kier molecular flexibility index (Phi) is 5.64. The minimum Gasteiger partial charge on any atom is -0.395 e. The summed E-state index contributed by atoms with van der Waals surface area (Å²) in [6.45, 7) is 1.83. The molecule has 106 valence electrons. The maximum Gasteiger partial charge on any atom is 0.253 e. The van der Waals surface area contributed by atoms with Gasteiger partial charge >= 0.3 is 0 Å². The first-order valence-electron chi connectivity index (χ1n) is 7.30. The fourth-order valence-electron chi connectivity index (χ4n) is 2.37. The summed E-state index contributed by atoms with van der Waals surface area (Å²) < 4.78 is 0. The average molecular weight is 271 g/mol. The van der Waals surface area contributed by atoms with Crippen molar-refractivity contribution in [1.29, 1.82) is 0 Å². The van der Waals surface area contributed by atoms with E-state index >= 15 is 0 Å². The van der Waals surface area contributed by atoms with E-state index in [2.05, 4.69) is 11.8 Å². The van der Waals surface area contributed by atoms with Crippen LogP contribution in [0, 0.1) is 11.8 Å². The first-order chi connectivity index (χ1) is 9.81. The first kappa shape index (κ1) is 14.6. The summed E-state index contributed by atoms with van der Waals surface area (Å²) in [5.74, 6) is 5.97. The van der Waals surface area contributed by atoms with Gasteiger partial charge in [0.05, 0.1) is 6.61 Å². The lowest BCUT2D eigenvalue weighted by atomic mass is 10.1. The number of carbonyl (C=O) groups excluding carboxylic acids is 1. The third kappa shape index (κ3) is 4.11. The van der Waals surface area contributed by atoms with E-state index in [-0.39, 0.29) is 12.5 Å². The van der Waals surface area contributed by atoms with Gasteiger partial charge in [0.25, 0.3) is 5.91 Å². The molecule has 1 N–H and O–H groups in total. The van der Waals surface area contributed by atoms with E-state index in [1.54, 1.807) is 0 Å². The Morgan fingerprint density at radius 3 is 2.35 bits per heavy atom. The monoisotopic (exact) mass is 271 g/mol. The van der Waals surface area contributed by atoms with Crippen LogP contribution < -0.4 is 0 Å². The molecule has 1 saturated heterocycles. The van der Waals surface area contributed by atoms with E-state index in [0.29, 0.717) is 6.42 Å². The molecule has 0 bridgehead atoms. The normalized spacial score (nSPS) is 15.2. The minimum absolute atomic E-state index is 0.0819. The standard InChI is InChI=1S/C17H21NO2/c19-14-6-3-7-15-8-10-16(11-9-15)17(20)18-12-4-1-2-5-13-18/h8-11,19H,1-2,4-6,12-14H2. The highest BCUT2D eigenvalue weighted by Crippen LogP contribution is 2.13. The van der Waals surface area contributed by atoms with Crippen LogP contribution >= 0.6 is 0 Å². The van der Waals surface area contributed by atoms with Crippen molar-refractivity contribution >= 4 is 5.91 Å². The van der Waals surface area contributed by atoms with Gasteiger partial charge in [-0.2, -0.15) is 0 Å². The molecule has 20 heavy (non-hydrogen) atoms. The lowest BCUT2D eigenvalue weighted by Crippen LogP contribution is -2.31. The third-order valence-electron chi connectivity index (χ3n) is 3.49. The van der Waals surface area contributed by atoms with Gasteiger partial charge in [0.2, 0.25) is 0 Å². The van der Waals surface area contributed by atoms with Crippen LogP contribution in [0.3, 0.4) is 0 Å². The van der Waals surface area contributed by atoms with Crippen LogP contribution in [0.4, 0.5) is 0 Å². The number of hydrogen-bond donors (Lipinski definition) is 1. The second kappa shape index (κ2) is 7.72. The Morgan fingerprint density at radius 2 is 1.75 bits per heavy atom. The lowest BCUT2D eigenvalue weighted by molar-refractivity contribution is 0.0761. The van der Waals surface area contributed by atoms with Crippen LogP contribution in [0.2, 0.25) is 0 Å². The van der Waals surface area contributed by atoms with Crippen molar-refractivity contribution in [3.8, 4) is 11.8 Å². The van der Waals surface area contributed by atoms with E-state index in [4.69, 9.17) is 5.11 Å². The number of benzene rings is 1. The molecule has 0 unspecified atom stereocenters. The highest BCUT2D eigenvalue weighted by Gasteiger charge is 2.16. The van der Waals surface area contributed by atoms with E-state index in [0.717, 1.165) is 37.1 Å². The molecular formula is C17H21NO2. The molecule has 0 saturated carbocycles. The zero-order chi connectivity index (χ0) is 14.2. The maximum absolute atomic E-state index is 12.4. The van der Waals surface area contributed by atoms with Crippen LogP contribution in [0.15, 0.2) is 24.3 Å². The molecule has 1 aromatic carbocycles. The Bertz CT molecular complexity index is 488. The molecule has 0 spiro atoms. The van der Waals surface area contributed by atoms with Crippen LogP contribution in [-0.4, -0.2) is 35.6 Å². The molecule has 2 rings (SSSR count). The first-order valence-corrected chi connectivity index (χ1v) is 7.30. The Balaban J connectivity index is 2.01. The predicted octanol–water partition coefficient (Wildman–Crippen LogP) is 2.44. The van der Waals surface area contributed by atoms with Crippen molar-refractivity contribution in [2.75, 3.05) is 19.7 Å². The Morgan fingerprint density at radius 1 is 1.10 bits per heavy atom.